The van der Waals surface area contributed by atoms with Gasteiger partial charge >= 0.3 is 0 Å². The Morgan fingerprint density at radius 2 is 1.97 bits per heavy atom. The Kier molecular flexibility index (Phi) is 7.02. The molecule has 0 bridgehead atoms. The molecule has 1 N–H and O–H groups in total. The maximum atomic E-state index is 13.5. The summed E-state index contributed by atoms with van der Waals surface area (Å²) in [6.07, 6.45) is 13.1. The number of rotatable bonds is 8. The summed E-state index contributed by atoms with van der Waals surface area (Å²) < 4.78 is 0. The zero-order chi connectivity index (χ0) is 22.2. The summed E-state index contributed by atoms with van der Waals surface area (Å²) in [5, 5.41) is 3.09. The predicted molar refractivity (Wildman–Crippen MR) is 126 cm³/mol. The van der Waals surface area contributed by atoms with Crippen molar-refractivity contribution in [3.05, 3.63) is 91.3 Å². The van der Waals surface area contributed by atoms with E-state index >= 15 is 0 Å². The van der Waals surface area contributed by atoms with Crippen LogP contribution in [0, 0.1) is 5.41 Å². The van der Waals surface area contributed by atoms with Crippen LogP contribution in [0.5, 0.6) is 0 Å². The Morgan fingerprint density at radius 1 is 1.12 bits per heavy atom. The van der Waals surface area contributed by atoms with Crippen molar-refractivity contribution in [2.45, 2.75) is 25.8 Å². The van der Waals surface area contributed by atoms with Gasteiger partial charge in [-0.05, 0) is 48.6 Å². The highest BCUT2D eigenvalue weighted by Gasteiger charge is 2.42. The van der Waals surface area contributed by atoms with E-state index in [1.165, 1.54) is 6.33 Å². The minimum atomic E-state index is -0.519. The van der Waals surface area contributed by atoms with Crippen LogP contribution in [-0.4, -0.2) is 45.4 Å². The Morgan fingerprint density at radius 3 is 2.75 bits per heavy atom. The molecular formula is C26H29N5O. The van der Waals surface area contributed by atoms with Gasteiger partial charge in [-0.1, -0.05) is 36.4 Å². The predicted octanol–water partition coefficient (Wildman–Crippen LogP) is 3.67. The van der Waals surface area contributed by atoms with Crippen molar-refractivity contribution in [2.24, 2.45) is 5.41 Å². The van der Waals surface area contributed by atoms with Crippen LogP contribution < -0.4 is 5.32 Å². The molecule has 2 aromatic heterocycles. The summed E-state index contributed by atoms with van der Waals surface area (Å²) in [6, 6.07) is 12.3. The number of hydrogen-bond acceptors (Lipinski definition) is 5. The summed E-state index contributed by atoms with van der Waals surface area (Å²) in [5.41, 5.74) is 3.83. The standard InChI is InChI=1S/C26H29N5O/c1-2-11-30-25(32)26(10-6-13-31(19-26)18-21-7-5-12-27-15-21)14-22-8-3-4-9-24(22)23-16-28-20-29-17-23/h2-5,7-9,12,15-17,20H,1,6,10-11,13-14,18-19H2,(H,30,32)/t26-/m1/s1. The molecule has 1 saturated heterocycles. The maximum absolute atomic E-state index is 13.5. The van der Waals surface area contributed by atoms with E-state index < -0.39 is 5.41 Å². The third kappa shape index (κ3) is 5.08. The molecule has 0 saturated carbocycles. The SMILES string of the molecule is C=CCNC(=O)[C@@]1(Cc2ccccc2-c2cncnc2)CCCN(Cc2cccnc2)C1. The first-order chi connectivity index (χ1) is 15.7. The fourth-order valence-electron chi connectivity index (χ4n) is 4.63. The topological polar surface area (TPSA) is 71.0 Å². The summed E-state index contributed by atoms with van der Waals surface area (Å²) in [5.74, 6) is 0.0902. The molecule has 32 heavy (non-hydrogen) atoms. The second-order valence-electron chi connectivity index (χ2n) is 8.42. The van der Waals surface area contributed by atoms with Gasteiger partial charge in [-0.25, -0.2) is 9.97 Å². The van der Waals surface area contributed by atoms with E-state index in [-0.39, 0.29) is 5.91 Å². The third-order valence-corrected chi connectivity index (χ3v) is 6.09. The molecule has 3 aromatic rings. The van der Waals surface area contributed by atoms with Crippen LogP contribution in [0.25, 0.3) is 11.1 Å². The van der Waals surface area contributed by atoms with Gasteiger partial charge < -0.3 is 5.32 Å². The molecule has 1 aromatic carbocycles. The lowest BCUT2D eigenvalue weighted by molar-refractivity contribution is -0.134. The van der Waals surface area contributed by atoms with E-state index in [4.69, 9.17) is 0 Å². The van der Waals surface area contributed by atoms with E-state index in [9.17, 15) is 4.79 Å². The van der Waals surface area contributed by atoms with Gasteiger partial charge in [0.05, 0.1) is 5.41 Å². The summed E-state index contributed by atoms with van der Waals surface area (Å²) in [6.45, 7) is 6.69. The number of likely N-dealkylation sites (tertiary alicyclic amines) is 1. The van der Waals surface area contributed by atoms with Crippen LogP contribution in [0.2, 0.25) is 0 Å². The van der Waals surface area contributed by atoms with Crippen molar-refractivity contribution in [2.75, 3.05) is 19.6 Å². The maximum Gasteiger partial charge on any atom is 0.228 e. The Labute approximate surface area is 189 Å². The number of piperidine rings is 1. The Bertz CT molecular complexity index is 1040. The number of benzene rings is 1. The largest absolute Gasteiger partial charge is 0.352 e. The van der Waals surface area contributed by atoms with Crippen LogP contribution in [0.4, 0.5) is 0 Å². The van der Waals surface area contributed by atoms with Crippen molar-refractivity contribution >= 4 is 5.91 Å². The molecule has 1 atom stereocenters. The molecule has 0 unspecified atom stereocenters. The number of aromatic nitrogens is 3. The molecule has 164 valence electrons. The zero-order valence-electron chi connectivity index (χ0n) is 18.3. The lowest BCUT2D eigenvalue weighted by Gasteiger charge is -2.42. The number of carbonyl (C=O) groups is 1. The zero-order valence-corrected chi connectivity index (χ0v) is 18.3. The number of nitrogens with one attached hydrogen (secondary N) is 1. The fourth-order valence-corrected chi connectivity index (χ4v) is 4.63. The van der Waals surface area contributed by atoms with Gasteiger partial charge in [0.2, 0.25) is 5.91 Å². The van der Waals surface area contributed by atoms with Crippen LogP contribution in [-0.2, 0) is 17.8 Å². The highest BCUT2D eigenvalue weighted by atomic mass is 16.2. The molecule has 6 heteroatoms. The minimum absolute atomic E-state index is 0.0902. The van der Waals surface area contributed by atoms with Crippen molar-refractivity contribution in [1.82, 2.24) is 25.2 Å². The van der Waals surface area contributed by atoms with Gasteiger partial charge in [0.15, 0.2) is 0 Å². The first-order valence-electron chi connectivity index (χ1n) is 11.0. The molecule has 1 aliphatic rings. The van der Waals surface area contributed by atoms with Crippen molar-refractivity contribution in [3.63, 3.8) is 0 Å². The highest BCUT2D eigenvalue weighted by Crippen LogP contribution is 2.37. The second-order valence-corrected chi connectivity index (χ2v) is 8.42. The molecule has 0 radical (unpaired) electrons. The lowest BCUT2D eigenvalue weighted by atomic mass is 9.73. The molecule has 0 spiro atoms. The van der Waals surface area contributed by atoms with Gasteiger partial charge in [-0.2, -0.15) is 0 Å². The lowest BCUT2D eigenvalue weighted by Crippen LogP contribution is -2.53. The monoisotopic (exact) mass is 427 g/mol. The van der Waals surface area contributed by atoms with Crippen LogP contribution in [0.15, 0.2) is 80.2 Å². The van der Waals surface area contributed by atoms with Crippen molar-refractivity contribution < 1.29 is 4.79 Å². The van der Waals surface area contributed by atoms with Crippen LogP contribution in [0.1, 0.15) is 24.0 Å². The fraction of sp³-hybridized carbons (Fsp3) is 0.308. The molecular weight excluding hydrogens is 398 g/mol. The van der Waals surface area contributed by atoms with Gasteiger partial charge in [0.1, 0.15) is 6.33 Å². The number of carbonyl (C=O) groups excluding carboxylic acids is 1. The number of amides is 1. The number of pyridine rings is 1. The van der Waals surface area contributed by atoms with Crippen molar-refractivity contribution in [3.8, 4) is 11.1 Å². The smallest absolute Gasteiger partial charge is 0.228 e. The van der Waals surface area contributed by atoms with Gasteiger partial charge in [0, 0.05) is 50.0 Å². The molecule has 0 aliphatic carbocycles. The normalized spacial score (nSPS) is 18.8. The molecule has 1 aliphatic heterocycles. The Hall–Kier alpha value is -3.38. The van der Waals surface area contributed by atoms with E-state index in [0.29, 0.717) is 19.5 Å². The number of nitrogens with zero attached hydrogens (tertiary/aromatic N) is 4. The summed E-state index contributed by atoms with van der Waals surface area (Å²) in [4.78, 5) is 28.5. The second kappa shape index (κ2) is 10.3. The molecule has 1 amide bonds. The number of hydrogen-bond donors (Lipinski definition) is 1. The third-order valence-electron chi connectivity index (χ3n) is 6.09. The molecule has 3 heterocycles. The van der Waals surface area contributed by atoms with Gasteiger partial charge in [-0.3, -0.25) is 14.7 Å². The quantitative estimate of drug-likeness (QED) is 0.556. The minimum Gasteiger partial charge on any atom is -0.352 e. The molecule has 1 fully saturated rings. The highest BCUT2D eigenvalue weighted by molar-refractivity contribution is 5.84. The summed E-state index contributed by atoms with van der Waals surface area (Å²) in [7, 11) is 0. The van der Waals surface area contributed by atoms with Crippen molar-refractivity contribution in [1.29, 1.82) is 0 Å². The Balaban J connectivity index is 1.64. The van der Waals surface area contributed by atoms with Gasteiger partial charge in [-0.15, -0.1) is 6.58 Å². The molecule has 6 nitrogen and oxygen atoms in total. The first-order valence-corrected chi connectivity index (χ1v) is 11.0. The van der Waals surface area contributed by atoms with E-state index in [1.807, 2.05) is 36.8 Å². The van der Waals surface area contributed by atoms with E-state index in [0.717, 1.165) is 48.2 Å². The van der Waals surface area contributed by atoms with E-state index in [2.05, 4.69) is 49.9 Å². The van der Waals surface area contributed by atoms with Crippen LogP contribution in [0.3, 0.4) is 0 Å². The first kappa shape index (κ1) is 21.8. The average Bonchev–Trinajstić information content (AvgIpc) is 2.84. The average molecular weight is 428 g/mol. The van der Waals surface area contributed by atoms with E-state index in [1.54, 1.807) is 12.3 Å². The van der Waals surface area contributed by atoms with Crippen LogP contribution >= 0.6 is 0 Å². The summed E-state index contributed by atoms with van der Waals surface area (Å²) >= 11 is 0. The van der Waals surface area contributed by atoms with Gasteiger partial charge in [0.25, 0.3) is 0 Å². The molecule has 4 rings (SSSR count).